The number of ether oxygens (including phenoxy) is 1. The minimum absolute atomic E-state index is 0.0541. The van der Waals surface area contributed by atoms with Gasteiger partial charge in [0.2, 0.25) is 5.91 Å². The molecule has 0 unspecified atom stereocenters. The second-order valence-corrected chi connectivity index (χ2v) is 11.2. The van der Waals surface area contributed by atoms with Gasteiger partial charge < -0.3 is 9.64 Å². The molecule has 2 saturated heterocycles. The molecule has 0 aliphatic carbocycles. The minimum atomic E-state index is -3.05. The van der Waals surface area contributed by atoms with Crippen LogP contribution >= 0.6 is 11.8 Å². The number of rotatable bonds is 7. The highest BCUT2D eigenvalue weighted by atomic mass is 32.2. The third-order valence-electron chi connectivity index (χ3n) is 5.67. The third-order valence-corrected chi connectivity index (χ3v) is 8.91. The number of hydrogen-bond acceptors (Lipinski definition) is 5. The number of nitrogens with zero attached hydrogens (tertiary/aromatic N) is 2. The van der Waals surface area contributed by atoms with Gasteiger partial charge in [-0.05, 0) is 36.1 Å². The quantitative estimate of drug-likeness (QED) is 0.635. The van der Waals surface area contributed by atoms with Gasteiger partial charge in [-0.2, -0.15) is 4.99 Å². The van der Waals surface area contributed by atoms with E-state index in [2.05, 4.69) is 4.99 Å². The summed E-state index contributed by atoms with van der Waals surface area (Å²) < 4.78 is 29.5. The SMILES string of the molecule is COc1ccc(CCN2C(=NC(=O)CCc3ccccc3)S[C@H]3CS(=O)(=O)C[C@H]32)cc1. The van der Waals surface area contributed by atoms with Crippen molar-refractivity contribution in [1.29, 1.82) is 0 Å². The maximum atomic E-state index is 12.6. The van der Waals surface area contributed by atoms with Crippen LogP contribution < -0.4 is 4.74 Å². The summed E-state index contributed by atoms with van der Waals surface area (Å²) in [5.74, 6) is 0.917. The molecule has 0 spiro atoms. The number of carbonyl (C=O) groups is 1. The Kier molecular flexibility index (Phi) is 6.67. The van der Waals surface area contributed by atoms with Crippen molar-refractivity contribution in [2.75, 3.05) is 25.2 Å². The molecule has 2 aliphatic heterocycles. The van der Waals surface area contributed by atoms with Gasteiger partial charge in [-0.3, -0.25) is 4.79 Å². The van der Waals surface area contributed by atoms with Gasteiger partial charge in [0.25, 0.3) is 0 Å². The Morgan fingerprint density at radius 2 is 1.77 bits per heavy atom. The highest BCUT2D eigenvalue weighted by Gasteiger charge is 2.48. The molecule has 31 heavy (non-hydrogen) atoms. The maximum Gasteiger partial charge on any atom is 0.248 e. The molecule has 0 N–H and O–H groups in total. The van der Waals surface area contributed by atoms with Crippen LogP contribution in [0.3, 0.4) is 0 Å². The number of amidine groups is 1. The molecule has 0 radical (unpaired) electrons. The van der Waals surface area contributed by atoms with Crippen molar-refractivity contribution in [3.05, 3.63) is 65.7 Å². The summed E-state index contributed by atoms with van der Waals surface area (Å²) in [6.45, 7) is 0.626. The van der Waals surface area contributed by atoms with Crippen LogP contribution in [0, 0.1) is 0 Å². The van der Waals surface area contributed by atoms with E-state index in [1.807, 2.05) is 59.5 Å². The van der Waals surface area contributed by atoms with Crippen LogP contribution in [0.5, 0.6) is 5.75 Å². The van der Waals surface area contributed by atoms with Crippen molar-refractivity contribution in [2.24, 2.45) is 4.99 Å². The highest BCUT2D eigenvalue weighted by molar-refractivity contribution is 8.15. The Morgan fingerprint density at radius 3 is 2.48 bits per heavy atom. The number of carbonyl (C=O) groups excluding carboxylic acids is 1. The molecule has 1 amide bonds. The normalized spacial score (nSPS) is 23.1. The number of methoxy groups -OCH3 is 1. The Morgan fingerprint density at radius 1 is 1.06 bits per heavy atom. The molecule has 8 heteroatoms. The predicted molar refractivity (Wildman–Crippen MR) is 124 cm³/mol. The lowest BCUT2D eigenvalue weighted by Crippen LogP contribution is -2.39. The van der Waals surface area contributed by atoms with Crippen LogP contribution in [0.2, 0.25) is 0 Å². The number of aliphatic imine (C=N–C) groups is 1. The fourth-order valence-electron chi connectivity index (χ4n) is 4.00. The molecule has 2 aromatic carbocycles. The average molecular weight is 459 g/mol. The van der Waals surface area contributed by atoms with Gasteiger partial charge in [0.15, 0.2) is 15.0 Å². The van der Waals surface area contributed by atoms with Crippen molar-refractivity contribution < 1.29 is 17.9 Å². The fraction of sp³-hybridized carbons (Fsp3) is 0.391. The summed E-state index contributed by atoms with van der Waals surface area (Å²) in [5, 5.41) is 0.609. The topological polar surface area (TPSA) is 76.0 Å². The van der Waals surface area contributed by atoms with Crippen LogP contribution in [-0.4, -0.2) is 60.8 Å². The molecule has 4 rings (SSSR count). The van der Waals surface area contributed by atoms with E-state index < -0.39 is 9.84 Å². The first-order chi connectivity index (χ1) is 14.9. The lowest BCUT2D eigenvalue weighted by atomic mass is 10.1. The number of thioether (sulfide) groups is 1. The Hall–Kier alpha value is -2.32. The van der Waals surface area contributed by atoms with Gasteiger partial charge in [-0.15, -0.1) is 0 Å². The number of amides is 1. The summed E-state index contributed by atoms with van der Waals surface area (Å²) in [5.41, 5.74) is 2.24. The average Bonchev–Trinajstić information content (AvgIpc) is 3.22. The van der Waals surface area contributed by atoms with E-state index in [0.717, 1.165) is 23.3 Å². The zero-order valence-corrected chi connectivity index (χ0v) is 19.1. The number of fused-ring (bicyclic) bond motifs is 1. The molecule has 164 valence electrons. The molecular weight excluding hydrogens is 432 g/mol. The monoisotopic (exact) mass is 458 g/mol. The Labute approximate surface area is 187 Å². The van der Waals surface area contributed by atoms with Crippen LogP contribution in [0.25, 0.3) is 0 Å². The van der Waals surface area contributed by atoms with Crippen molar-refractivity contribution in [1.82, 2.24) is 4.90 Å². The van der Waals surface area contributed by atoms with E-state index >= 15 is 0 Å². The fourth-order valence-corrected chi connectivity index (χ4v) is 7.99. The minimum Gasteiger partial charge on any atom is -0.497 e. The Balaban J connectivity index is 1.45. The van der Waals surface area contributed by atoms with Crippen molar-refractivity contribution in [3.8, 4) is 5.75 Å². The zero-order chi connectivity index (χ0) is 21.8. The summed E-state index contributed by atoms with van der Waals surface area (Å²) >= 11 is 1.44. The molecule has 0 aromatic heterocycles. The highest BCUT2D eigenvalue weighted by Crippen LogP contribution is 2.38. The molecule has 2 fully saturated rings. The van der Waals surface area contributed by atoms with E-state index in [1.54, 1.807) is 7.11 Å². The van der Waals surface area contributed by atoms with Crippen molar-refractivity contribution in [2.45, 2.75) is 30.6 Å². The van der Waals surface area contributed by atoms with Gasteiger partial charge in [0, 0.05) is 18.2 Å². The number of benzene rings is 2. The first-order valence-electron chi connectivity index (χ1n) is 10.4. The van der Waals surface area contributed by atoms with Gasteiger partial charge in [0.05, 0.1) is 24.7 Å². The lowest BCUT2D eigenvalue weighted by Gasteiger charge is -2.24. The van der Waals surface area contributed by atoms with Gasteiger partial charge in [0.1, 0.15) is 5.75 Å². The molecule has 2 aliphatic rings. The molecule has 0 bridgehead atoms. The second kappa shape index (κ2) is 9.44. The van der Waals surface area contributed by atoms with Crippen LogP contribution in [-0.2, 0) is 27.5 Å². The maximum absolute atomic E-state index is 12.6. The molecule has 2 heterocycles. The molecule has 2 aromatic rings. The largest absolute Gasteiger partial charge is 0.497 e. The van der Waals surface area contributed by atoms with Gasteiger partial charge >= 0.3 is 0 Å². The number of aryl methyl sites for hydroxylation is 1. The molecular formula is C23H26N2O4S2. The van der Waals surface area contributed by atoms with E-state index in [-0.39, 0.29) is 28.7 Å². The first kappa shape index (κ1) is 21.9. The number of hydrogen-bond donors (Lipinski definition) is 0. The zero-order valence-electron chi connectivity index (χ0n) is 17.4. The van der Waals surface area contributed by atoms with E-state index in [0.29, 0.717) is 24.6 Å². The van der Waals surface area contributed by atoms with Crippen LogP contribution in [0.15, 0.2) is 59.6 Å². The number of sulfone groups is 1. The summed E-state index contributed by atoms with van der Waals surface area (Å²) in [4.78, 5) is 19.0. The van der Waals surface area contributed by atoms with Gasteiger partial charge in [-0.25, -0.2) is 8.42 Å². The predicted octanol–water partition coefficient (Wildman–Crippen LogP) is 2.97. The first-order valence-corrected chi connectivity index (χ1v) is 13.1. The molecule has 0 saturated carbocycles. The molecule has 2 atom stereocenters. The van der Waals surface area contributed by atoms with Gasteiger partial charge in [-0.1, -0.05) is 54.2 Å². The van der Waals surface area contributed by atoms with Crippen LogP contribution in [0.4, 0.5) is 0 Å². The lowest BCUT2D eigenvalue weighted by molar-refractivity contribution is -0.117. The van der Waals surface area contributed by atoms with Crippen molar-refractivity contribution >= 4 is 32.7 Å². The van der Waals surface area contributed by atoms with E-state index in [9.17, 15) is 13.2 Å². The summed E-state index contributed by atoms with van der Waals surface area (Å²) in [7, 11) is -1.41. The Bertz CT molecular complexity index is 1050. The van der Waals surface area contributed by atoms with Crippen molar-refractivity contribution in [3.63, 3.8) is 0 Å². The van der Waals surface area contributed by atoms with E-state index in [1.165, 1.54) is 11.8 Å². The smallest absolute Gasteiger partial charge is 0.248 e. The standard InChI is InChI=1S/C23H26N2O4S2/c1-29-19-10-7-18(8-11-19)13-14-25-20-15-31(27,28)16-21(20)30-23(25)24-22(26)12-9-17-5-3-2-4-6-17/h2-8,10-11,20-21H,9,12-16H2,1H3/t20-,21+/m1/s1. The third kappa shape index (κ3) is 5.49. The molecule has 6 nitrogen and oxygen atoms in total. The van der Waals surface area contributed by atoms with E-state index in [4.69, 9.17) is 4.74 Å². The summed E-state index contributed by atoms with van der Waals surface area (Å²) in [6, 6.07) is 17.6. The second-order valence-electron chi connectivity index (χ2n) is 7.87. The summed E-state index contributed by atoms with van der Waals surface area (Å²) in [6.07, 6.45) is 1.73. The van der Waals surface area contributed by atoms with Crippen LogP contribution in [0.1, 0.15) is 17.5 Å².